The van der Waals surface area contributed by atoms with Gasteiger partial charge in [-0.15, -0.1) is 11.3 Å². The zero-order valence-electron chi connectivity index (χ0n) is 17.6. The van der Waals surface area contributed by atoms with Gasteiger partial charge < -0.3 is 5.32 Å². The van der Waals surface area contributed by atoms with E-state index in [1.807, 2.05) is 30.3 Å². The number of aromatic nitrogens is 2. The summed E-state index contributed by atoms with van der Waals surface area (Å²) < 4.78 is 1.53. The maximum atomic E-state index is 13.8. The van der Waals surface area contributed by atoms with Gasteiger partial charge in [0.25, 0.3) is 5.56 Å². The van der Waals surface area contributed by atoms with Gasteiger partial charge in [0.1, 0.15) is 16.7 Å². The Balaban J connectivity index is 1.67. The van der Waals surface area contributed by atoms with Gasteiger partial charge in [-0.2, -0.15) is 0 Å². The maximum Gasteiger partial charge on any atom is 0.263 e. The van der Waals surface area contributed by atoms with E-state index in [1.54, 1.807) is 42.5 Å². The van der Waals surface area contributed by atoms with Gasteiger partial charge in [-0.1, -0.05) is 54.1 Å². The van der Waals surface area contributed by atoms with Crippen molar-refractivity contribution < 1.29 is 4.79 Å². The summed E-state index contributed by atoms with van der Waals surface area (Å²) in [5.74, 6) is 0.186. The molecule has 2 heterocycles. The Morgan fingerprint density at radius 1 is 1.09 bits per heavy atom. The molecule has 0 aliphatic heterocycles. The van der Waals surface area contributed by atoms with Gasteiger partial charge in [-0.3, -0.25) is 14.2 Å². The topological polar surface area (TPSA) is 64.0 Å². The van der Waals surface area contributed by atoms with Crippen molar-refractivity contribution in [2.24, 2.45) is 0 Å². The normalized spacial score (nSPS) is 14.2. The van der Waals surface area contributed by atoms with Crippen molar-refractivity contribution in [1.29, 1.82) is 0 Å². The molecule has 0 spiro atoms. The molecule has 4 aromatic rings. The highest BCUT2D eigenvalue weighted by atomic mass is 35.5. The lowest BCUT2D eigenvalue weighted by molar-refractivity contribution is -0.118. The molecule has 1 amide bonds. The Morgan fingerprint density at radius 2 is 1.81 bits per heavy atom. The molecule has 1 N–H and O–H groups in total. The second-order valence-corrected chi connectivity index (χ2v) is 9.50. The molecular weight excluding hydrogens is 442 g/mol. The molecule has 0 bridgehead atoms. The number of hydrogen-bond acceptors (Lipinski definition) is 4. The third-order valence-electron chi connectivity index (χ3n) is 5.95. The van der Waals surface area contributed by atoms with Gasteiger partial charge in [0.15, 0.2) is 0 Å². The summed E-state index contributed by atoms with van der Waals surface area (Å²) in [6.07, 6.45) is 4.08. The van der Waals surface area contributed by atoms with Crippen molar-refractivity contribution in [1.82, 2.24) is 9.55 Å². The number of amides is 1. The summed E-state index contributed by atoms with van der Waals surface area (Å²) in [6.45, 7) is 1.73. The van der Waals surface area contributed by atoms with Gasteiger partial charge in [0.05, 0.1) is 16.1 Å². The zero-order chi connectivity index (χ0) is 22.2. The van der Waals surface area contributed by atoms with Gasteiger partial charge in [-0.05, 0) is 50.3 Å². The standard InChI is InChI=1S/C25H22ClN3O2S/c1-15(23(30)27-19-13-7-6-12-18(19)26)29-22(16-9-3-2-4-10-16)28-24-21(25(29)31)17-11-5-8-14-20(17)32-24/h2-4,6-7,9-10,12-13,15H,5,8,11,14H2,1H3,(H,27,30). The van der Waals surface area contributed by atoms with Crippen molar-refractivity contribution in [2.45, 2.75) is 38.6 Å². The molecule has 2 aromatic carbocycles. The molecule has 0 fully saturated rings. The minimum atomic E-state index is -0.773. The fraction of sp³-hybridized carbons (Fsp3) is 0.240. The van der Waals surface area contributed by atoms with Gasteiger partial charge >= 0.3 is 0 Å². The maximum absolute atomic E-state index is 13.8. The fourth-order valence-electron chi connectivity index (χ4n) is 4.28. The summed E-state index contributed by atoms with van der Waals surface area (Å²) in [5, 5.41) is 3.98. The molecule has 5 nitrogen and oxygen atoms in total. The van der Waals surface area contributed by atoms with Crippen LogP contribution in [0.3, 0.4) is 0 Å². The van der Waals surface area contributed by atoms with Gasteiger partial charge in [0.2, 0.25) is 5.91 Å². The first-order valence-corrected chi connectivity index (χ1v) is 11.9. The Labute approximate surface area is 194 Å². The van der Waals surface area contributed by atoms with Crippen molar-refractivity contribution in [2.75, 3.05) is 5.32 Å². The molecule has 1 aliphatic carbocycles. The molecular formula is C25H22ClN3O2S. The van der Waals surface area contributed by atoms with E-state index in [-0.39, 0.29) is 11.5 Å². The van der Waals surface area contributed by atoms with Crippen LogP contribution in [0, 0.1) is 0 Å². The molecule has 0 radical (unpaired) electrons. The van der Waals surface area contributed by atoms with Crippen LogP contribution in [0.25, 0.3) is 21.6 Å². The highest BCUT2D eigenvalue weighted by Crippen LogP contribution is 2.35. The number of halogens is 1. The molecule has 1 unspecified atom stereocenters. The number of thiophene rings is 1. The molecule has 5 rings (SSSR count). The van der Waals surface area contributed by atoms with Gasteiger partial charge in [0, 0.05) is 10.4 Å². The van der Waals surface area contributed by atoms with E-state index in [4.69, 9.17) is 16.6 Å². The van der Waals surface area contributed by atoms with Crippen molar-refractivity contribution in [3.63, 3.8) is 0 Å². The first-order valence-electron chi connectivity index (χ1n) is 10.7. The number of carbonyl (C=O) groups excluding carboxylic acids is 1. The summed E-state index contributed by atoms with van der Waals surface area (Å²) in [7, 11) is 0. The van der Waals surface area contributed by atoms with E-state index >= 15 is 0 Å². The van der Waals surface area contributed by atoms with Crippen LogP contribution in [0.1, 0.15) is 36.2 Å². The number of benzene rings is 2. The van der Waals surface area contributed by atoms with E-state index in [9.17, 15) is 9.59 Å². The third-order valence-corrected chi connectivity index (χ3v) is 7.47. The minimum absolute atomic E-state index is 0.157. The summed E-state index contributed by atoms with van der Waals surface area (Å²) >= 11 is 7.84. The first-order chi connectivity index (χ1) is 15.5. The van der Waals surface area contributed by atoms with Crippen LogP contribution in [0.5, 0.6) is 0 Å². The Hall–Kier alpha value is -2.96. The molecule has 1 atom stereocenters. The monoisotopic (exact) mass is 463 g/mol. The number of para-hydroxylation sites is 1. The van der Waals surface area contributed by atoms with Crippen LogP contribution < -0.4 is 10.9 Å². The smallest absolute Gasteiger partial charge is 0.263 e. The number of rotatable bonds is 4. The molecule has 162 valence electrons. The number of anilines is 1. The number of fused-ring (bicyclic) bond motifs is 3. The largest absolute Gasteiger partial charge is 0.323 e. The van der Waals surface area contributed by atoms with Crippen LogP contribution in [0.15, 0.2) is 59.4 Å². The summed E-state index contributed by atoms with van der Waals surface area (Å²) in [6, 6.07) is 15.8. The summed E-state index contributed by atoms with van der Waals surface area (Å²) in [5.41, 5.74) is 2.27. The van der Waals surface area contributed by atoms with E-state index in [0.29, 0.717) is 21.9 Å². The highest BCUT2D eigenvalue weighted by Gasteiger charge is 2.27. The Morgan fingerprint density at radius 3 is 2.59 bits per heavy atom. The molecule has 32 heavy (non-hydrogen) atoms. The fourth-order valence-corrected chi connectivity index (χ4v) is 5.72. The SMILES string of the molecule is CC(C(=O)Nc1ccccc1Cl)n1c(-c2ccccc2)nc2sc3c(c2c1=O)CCCC3. The molecule has 2 aromatic heterocycles. The number of nitrogens with one attached hydrogen (secondary N) is 1. The van der Waals surface area contributed by atoms with Crippen molar-refractivity contribution in [3.8, 4) is 11.4 Å². The van der Waals surface area contributed by atoms with Crippen molar-refractivity contribution in [3.05, 3.63) is 80.4 Å². The molecule has 1 aliphatic rings. The minimum Gasteiger partial charge on any atom is -0.323 e. The lowest BCUT2D eigenvalue weighted by Gasteiger charge is -2.20. The van der Waals surface area contributed by atoms with E-state index < -0.39 is 6.04 Å². The molecule has 0 saturated heterocycles. The average Bonchev–Trinajstić information content (AvgIpc) is 3.19. The number of aryl methyl sites for hydroxylation is 2. The third kappa shape index (κ3) is 3.63. The van der Waals surface area contributed by atoms with E-state index in [1.165, 1.54) is 9.44 Å². The molecule has 7 heteroatoms. The second kappa shape index (κ2) is 8.52. The number of hydrogen-bond donors (Lipinski definition) is 1. The van der Waals surface area contributed by atoms with Crippen LogP contribution in [0.2, 0.25) is 5.02 Å². The van der Waals surface area contributed by atoms with Crippen LogP contribution in [0.4, 0.5) is 5.69 Å². The van der Waals surface area contributed by atoms with E-state index in [0.717, 1.165) is 41.6 Å². The predicted molar refractivity (Wildman–Crippen MR) is 131 cm³/mol. The quantitative estimate of drug-likeness (QED) is 0.412. The summed E-state index contributed by atoms with van der Waals surface area (Å²) in [4.78, 5) is 34.0. The van der Waals surface area contributed by atoms with Crippen LogP contribution in [-0.2, 0) is 17.6 Å². The Kier molecular flexibility index (Phi) is 5.57. The van der Waals surface area contributed by atoms with Crippen LogP contribution in [-0.4, -0.2) is 15.5 Å². The highest BCUT2D eigenvalue weighted by molar-refractivity contribution is 7.18. The van der Waals surface area contributed by atoms with Gasteiger partial charge in [-0.25, -0.2) is 4.98 Å². The lowest BCUT2D eigenvalue weighted by atomic mass is 9.97. The zero-order valence-corrected chi connectivity index (χ0v) is 19.2. The van der Waals surface area contributed by atoms with E-state index in [2.05, 4.69) is 5.32 Å². The Bertz CT molecular complexity index is 1380. The first kappa shape index (κ1) is 20.9. The lowest BCUT2D eigenvalue weighted by Crippen LogP contribution is -2.33. The predicted octanol–water partition coefficient (Wildman–Crippen LogP) is 5.86. The average molecular weight is 464 g/mol. The number of carbonyl (C=O) groups is 1. The molecule has 0 saturated carbocycles. The second-order valence-electron chi connectivity index (χ2n) is 8.01. The van der Waals surface area contributed by atoms with Crippen molar-refractivity contribution >= 4 is 44.7 Å². The number of nitrogens with zero attached hydrogens (tertiary/aromatic N) is 2. The van der Waals surface area contributed by atoms with Crippen LogP contribution >= 0.6 is 22.9 Å².